The van der Waals surface area contributed by atoms with E-state index in [9.17, 15) is 19.2 Å². The second-order valence-electron chi connectivity index (χ2n) is 6.96. The van der Waals surface area contributed by atoms with E-state index in [1.54, 1.807) is 24.3 Å². The lowest BCUT2D eigenvalue weighted by molar-refractivity contribution is -0.137. The first kappa shape index (κ1) is 25.7. The van der Waals surface area contributed by atoms with E-state index in [0.717, 1.165) is 5.56 Å². The molecule has 0 heterocycles. The number of alkyl carbamates (subject to hydrolysis) is 1. The number of rotatable bonds is 13. The molecule has 33 heavy (non-hydrogen) atoms. The molecular formula is C23H27N3O6S. The molecule has 10 heteroatoms. The molecule has 0 fully saturated rings. The summed E-state index contributed by atoms with van der Waals surface area (Å²) in [5.74, 6) is -1.01. The first-order chi connectivity index (χ1) is 15.9. The smallest absolute Gasteiger partial charge is 0.408 e. The minimum atomic E-state index is -1.10. The third-order valence-corrected chi connectivity index (χ3v) is 5.42. The fraction of sp³-hybridized carbons (Fsp3) is 0.304. The van der Waals surface area contributed by atoms with Crippen molar-refractivity contribution < 1.29 is 29.0 Å². The maximum atomic E-state index is 12.7. The monoisotopic (exact) mass is 473 g/mol. The fourth-order valence-corrected chi connectivity index (χ4v) is 3.62. The van der Waals surface area contributed by atoms with Crippen LogP contribution in [0.15, 0.2) is 60.7 Å². The van der Waals surface area contributed by atoms with Crippen molar-refractivity contribution in [2.45, 2.75) is 25.5 Å². The van der Waals surface area contributed by atoms with E-state index >= 15 is 0 Å². The molecule has 2 rings (SSSR count). The van der Waals surface area contributed by atoms with Crippen molar-refractivity contribution in [3.05, 3.63) is 66.2 Å². The summed E-state index contributed by atoms with van der Waals surface area (Å²) < 4.78 is 5.22. The Balaban J connectivity index is 1.83. The van der Waals surface area contributed by atoms with E-state index in [-0.39, 0.29) is 30.6 Å². The Bertz CT molecular complexity index is 911. The SMILES string of the molecule is O=C(O)CNC(=O)CCCSC[C@H](NC(=O)OCc1ccccc1)C(=O)Nc1ccccc1. The van der Waals surface area contributed by atoms with Gasteiger partial charge in [0.1, 0.15) is 19.2 Å². The molecule has 0 aliphatic rings. The number of carboxylic acids is 1. The van der Waals surface area contributed by atoms with E-state index in [2.05, 4.69) is 16.0 Å². The van der Waals surface area contributed by atoms with Crippen LogP contribution in [0.2, 0.25) is 0 Å². The quantitative estimate of drug-likeness (QED) is 0.329. The molecule has 0 unspecified atom stereocenters. The molecule has 0 radical (unpaired) electrons. The van der Waals surface area contributed by atoms with Crippen LogP contribution in [-0.2, 0) is 25.7 Å². The molecule has 4 N–H and O–H groups in total. The van der Waals surface area contributed by atoms with Gasteiger partial charge in [-0.2, -0.15) is 11.8 Å². The highest BCUT2D eigenvalue weighted by Crippen LogP contribution is 2.11. The van der Waals surface area contributed by atoms with Gasteiger partial charge in [-0.3, -0.25) is 14.4 Å². The number of carbonyl (C=O) groups excluding carboxylic acids is 3. The Labute approximate surface area is 196 Å². The number of thioether (sulfide) groups is 1. The molecule has 0 aliphatic carbocycles. The second kappa shape index (κ2) is 14.5. The maximum Gasteiger partial charge on any atom is 0.408 e. The zero-order valence-electron chi connectivity index (χ0n) is 18.0. The molecule has 3 amide bonds. The van der Waals surface area contributed by atoms with Gasteiger partial charge in [0.2, 0.25) is 11.8 Å². The van der Waals surface area contributed by atoms with Crippen molar-refractivity contribution in [3.8, 4) is 0 Å². The van der Waals surface area contributed by atoms with Gasteiger partial charge < -0.3 is 25.8 Å². The van der Waals surface area contributed by atoms with Crippen molar-refractivity contribution in [2.75, 3.05) is 23.4 Å². The van der Waals surface area contributed by atoms with Gasteiger partial charge in [0.15, 0.2) is 0 Å². The van der Waals surface area contributed by atoms with Crippen LogP contribution in [0.5, 0.6) is 0 Å². The molecule has 0 saturated carbocycles. The Kier molecular flexibility index (Phi) is 11.3. The lowest BCUT2D eigenvalue weighted by Gasteiger charge is -2.18. The average molecular weight is 474 g/mol. The van der Waals surface area contributed by atoms with Crippen LogP contribution in [0.1, 0.15) is 18.4 Å². The van der Waals surface area contributed by atoms with Gasteiger partial charge in [-0.25, -0.2) is 4.79 Å². The van der Waals surface area contributed by atoms with E-state index in [1.807, 2.05) is 36.4 Å². The molecule has 176 valence electrons. The zero-order chi connectivity index (χ0) is 23.9. The van der Waals surface area contributed by atoms with Crippen LogP contribution in [0.25, 0.3) is 0 Å². The summed E-state index contributed by atoms with van der Waals surface area (Å²) in [6.07, 6.45) is -0.0318. The van der Waals surface area contributed by atoms with Crippen LogP contribution in [-0.4, -0.2) is 53.1 Å². The summed E-state index contributed by atoms with van der Waals surface area (Å²) in [7, 11) is 0. The van der Waals surface area contributed by atoms with Crippen LogP contribution >= 0.6 is 11.8 Å². The van der Waals surface area contributed by atoms with Crippen molar-refractivity contribution in [3.63, 3.8) is 0 Å². The van der Waals surface area contributed by atoms with Gasteiger partial charge >= 0.3 is 12.1 Å². The molecule has 2 aromatic carbocycles. The number of hydrogen-bond acceptors (Lipinski definition) is 6. The number of ether oxygens (including phenoxy) is 1. The van der Waals surface area contributed by atoms with Crippen LogP contribution in [0.3, 0.4) is 0 Å². The van der Waals surface area contributed by atoms with Crippen LogP contribution < -0.4 is 16.0 Å². The molecule has 0 spiro atoms. The average Bonchev–Trinajstić information content (AvgIpc) is 2.81. The lowest BCUT2D eigenvalue weighted by atomic mass is 10.2. The third kappa shape index (κ3) is 11.1. The zero-order valence-corrected chi connectivity index (χ0v) is 18.8. The highest BCUT2D eigenvalue weighted by Gasteiger charge is 2.22. The van der Waals surface area contributed by atoms with Gasteiger partial charge in [-0.1, -0.05) is 48.5 Å². The number of hydrogen-bond donors (Lipinski definition) is 4. The van der Waals surface area contributed by atoms with Gasteiger partial charge in [-0.05, 0) is 29.9 Å². The summed E-state index contributed by atoms with van der Waals surface area (Å²) >= 11 is 1.40. The standard InChI is InChI=1S/C23H27N3O6S/c27-20(24-14-21(28)29)12-7-13-33-16-19(22(30)25-18-10-5-2-6-11-18)26-23(31)32-15-17-8-3-1-4-9-17/h1-6,8-11,19H,7,12-16H2,(H,24,27)(H,25,30)(H,26,31)(H,28,29)/t19-/m0/s1. The predicted octanol–water partition coefficient (Wildman–Crippen LogP) is 2.63. The Hall–Kier alpha value is -3.53. The molecule has 1 atom stereocenters. The van der Waals surface area contributed by atoms with Crippen molar-refractivity contribution in [2.24, 2.45) is 0 Å². The number of carbonyl (C=O) groups is 4. The summed E-state index contributed by atoms with van der Waals surface area (Å²) in [6, 6.07) is 17.2. The Morgan fingerprint density at radius 3 is 2.30 bits per heavy atom. The maximum absolute atomic E-state index is 12.7. The normalized spacial score (nSPS) is 11.2. The molecular weight excluding hydrogens is 446 g/mol. The minimum Gasteiger partial charge on any atom is -0.480 e. The first-order valence-electron chi connectivity index (χ1n) is 10.3. The number of aliphatic carboxylic acids is 1. The molecule has 0 bridgehead atoms. The molecule has 9 nitrogen and oxygen atoms in total. The third-order valence-electron chi connectivity index (χ3n) is 4.28. The van der Waals surface area contributed by atoms with E-state index in [4.69, 9.17) is 9.84 Å². The number of amides is 3. The summed E-state index contributed by atoms with van der Waals surface area (Å²) in [5, 5.41) is 16.2. The highest BCUT2D eigenvalue weighted by molar-refractivity contribution is 7.99. The number of benzene rings is 2. The Morgan fingerprint density at radius 1 is 0.970 bits per heavy atom. The van der Waals surface area contributed by atoms with Crippen LogP contribution in [0.4, 0.5) is 10.5 Å². The predicted molar refractivity (Wildman–Crippen MR) is 126 cm³/mol. The number of para-hydroxylation sites is 1. The van der Waals surface area contributed by atoms with Crippen molar-refractivity contribution >= 4 is 41.3 Å². The molecule has 0 saturated heterocycles. The number of carboxylic acid groups (broad SMARTS) is 1. The van der Waals surface area contributed by atoms with Crippen LogP contribution in [0, 0.1) is 0 Å². The Morgan fingerprint density at radius 2 is 1.64 bits per heavy atom. The first-order valence-corrected chi connectivity index (χ1v) is 11.5. The summed E-state index contributed by atoms with van der Waals surface area (Å²) in [6.45, 7) is -0.332. The van der Waals surface area contributed by atoms with Gasteiger partial charge in [0.05, 0.1) is 0 Å². The molecule has 2 aromatic rings. The van der Waals surface area contributed by atoms with Crippen molar-refractivity contribution in [1.29, 1.82) is 0 Å². The van der Waals surface area contributed by atoms with E-state index in [0.29, 0.717) is 17.9 Å². The molecule has 0 aliphatic heterocycles. The molecule has 0 aromatic heterocycles. The summed E-state index contributed by atoms with van der Waals surface area (Å²) in [4.78, 5) is 47.0. The minimum absolute atomic E-state index is 0.0816. The largest absolute Gasteiger partial charge is 0.480 e. The van der Waals surface area contributed by atoms with Gasteiger partial charge in [0, 0.05) is 17.9 Å². The lowest BCUT2D eigenvalue weighted by Crippen LogP contribution is -2.45. The van der Waals surface area contributed by atoms with E-state index < -0.39 is 24.6 Å². The summed E-state index contributed by atoms with van der Waals surface area (Å²) in [5.41, 5.74) is 1.43. The van der Waals surface area contributed by atoms with Gasteiger partial charge in [-0.15, -0.1) is 0 Å². The fourth-order valence-electron chi connectivity index (χ4n) is 2.64. The topological polar surface area (TPSA) is 134 Å². The second-order valence-corrected chi connectivity index (χ2v) is 8.11. The van der Waals surface area contributed by atoms with Gasteiger partial charge in [0.25, 0.3) is 0 Å². The highest BCUT2D eigenvalue weighted by atomic mass is 32.2. The number of anilines is 1. The van der Waals surface area contributed by atoms with Crippen molar-refractivity contribution in [1.82, 2.24) is 10.6 Å². The number of nitrogens with one attached hydrogen (secondary N) is 3. The van der Waals surface area contributed by atoms with E-state index in [1.165, 1.54) is 11.8 Å².